The van der Waals surface area contributed by atoms with Gasteiger partial charge in [0.1, 0.15) is 17.3 Å². The van der Waals surface area contributed by atoms with E-state index < -0.39 is 11.6 Å². The van der Waals surface area contributed by atoms with Crippen LogP contribution in [-0.2, 0) is 0 Å². The topological polar surface area (TPSA) is 30.0 Å². The Morgan fingerprint density at radius 1 is 1.12 bits per heavy atom. The van der Waals surface area contributed by atoms with Crippen LogP contribution in [0.3, 0.4) is 0 Å². The van der Waals surface area contributed by atoms with E-state index in [4.69, 9.17) is 0 Å². The quantitative estimate of drug-likeness (QED) is 0.727. The van der Waals surface area contributed by atoms with Gasteiger partial charge < -0.3 is 0 Å². The van der Waals surface area contributed by atoms with E-state index in [0.29, 0.717) is 11.8 Å². The van der Waals surface area contributed by atoms with E-state index in [1.165, 1.54) is 30.5 Å². The molecule has 0 fully saturated rings. The fourth-order valence-corrected chi connectivity index (χ4v) is 1.34. The summed E-state index contributed by atoms with van der Waals surface area (Å²) in [5.41, 5.74) is 0.741. The van der Waals surface area contributed by atoms with Gasteiger partial charge in [0.15, 0.2) is 6.29 Å². The highest BCUT2D eigenvalue weighted by Gasteiger charge is 2.07. The lowest BCUT2D eigenvalue weighted by atomic mass is 10.1. The van der Waals surface area contributed by atoms with Gasteiger partial charge in [-0.05, 0) is 30.3 Å². The largest absolute Gasteiger partial charge is 0.298 e. The molecule has 2 rings (SSSR count). The average Bonchev–Trinajstić information content (AvgIpc) is 2.30. The smallest absolute Gasteiger partial charge is 0.151 e. The van der Waals surface area contributed by atoms with Gasteiger partial charge in [-0.1, -0.05) is 0 Å². The van der Waals surface area contributed by atoms with Crippen molar-refractivity contribution in [1.29, 1.82) is 0 Å². The lowest BCUT2D eigenvalue weighted by Crippen LogP contribution is -1.92. The first-order valence-corrected chi connectivity index (χ1v) is 4.57. The van der Waals surface area contributed by atoms with Crippen LogP contribution >= 0.6 is 0 Å². The molecule has 16 heavy (non-hydrogen) atoms. The van der Waals surface area contributed by atoms with Gasteiger partial charge in [0, 0.05) is 17.3 Å². The van der Waals surface area contributed by atoms with Crippen LogP contribution in [0.5, 0.6) is 0 Å². The Hall–Kier alpha value is -2.10. The third kappa shape index (κ3) is 1.95. The van der Waals surface area contributed by atoms with E-state index in [2.05, 4.69) is 4.98 Å². The lowest BCUT2D eigenvalue weighted by Gasteiger charge is -2.02. The van der Waals surface area contributed by atoms with Crippen molar-refractivity contribution in [1.82, 2.24) is 4.98 Å². The Bertz CT molecular complexity index is 523. The number of halogens is 2. The Balaban J connectivity index is 2.48. The van der Waals surface area contributed by atoms with Crippen molar-refractivity contribution in [2.45, 2.75) is 0 Å². The van der Waals surface area contributed by atoms with Crippen LogP contribution < -0.4 is 0 Å². The van der Waals surface area contributed by atoms with Crippen molar-refractivity contribution >= 4 is 6.29 Å². The maximum absolute atomic E-state index is 13.5. The molecule has 4 heteroatoms. The SMILES string of the molecule is O=Cc1cnc(-c2ccc(F)cc2)c(F)c1. The number of hydrogen-bond acceptors (Lipinski definition) is 2. The Morgan fingerprint density at radius 3 is 2.38 bits per heavy atom. The molecule has 0 N–H and O–H groups in total. The molecule has 0 atom stereocenters. The molecule has 0 radical (unpaired) electrons. The molecule has 0 amide bonds. The van der Waals surface area contributed by atoms with E-state index in [1.807, 2.05) is 0 Å². The predicted molar refractivity (Wildman–Crippen MR) is 55.0 cm³/mol. The molecule has 1 aromatic heterocycles. The zero-order valence-electron chi connectivity index (χ0n) is 8.15. The minimum Gasteiger partial charge on any atom is -0.298 e. The van der Waals surface area contributed by atoms with E-state index in [0.717, 1.165) is 6.07 Å². The number of pyridine rings is 1. The lowest BCUT2D eigenvalue weighted by molar-refractivity contribution is 0.112. The van der Waals surface area contributed by atoms with Crippen molar-refractivity contribution in [3.05, 3.63) is 53.7 Å². The molecule has 1 heterocycles. The van der Waals surface area contributed by atoms with Crippen LogP contribution in [0, 0.1) is 11.6 Å². The summed E-state index contributed by atoms with van der Waals surface area (Å²) in [6, 6.07) is 6.41. The highest BCUT2D eigenvalue weighted by Crippen LogP contribution is 2.20. The minimum absolute atomic E-state index is 0.102. The minimum atomic E-state index is -0.601. The van der Waals surface area contributed by atoms with E-state index >= 15 is 0 Å². The number of carbonyl (C=O) groups is 1. The predicted octanol–water partition coefficient (Wildman–Crippen LogP) is 2.84. The number of carbonyl (C=O) groups excluding carboxylic acids is 1. The Morgan fingerprint density at radius 2 is 1.81 bits per heavy atom. The first-order valence-electron chi connectivity index (χ1n) is 4.57. The number of benzene rings is 1. The number of aldehydes is 1. The Labute approximate surface area is 90.6 Å². The van der Waals surface area contributed by atoms with Gasteiger partial charge in [-0.2, -0.15) is 0 Å². The second-order valence-corrected chi connectivity index (χ2v) is 3.22. The van der Waals surface area contributed by atoms with E-state index in [-0.39, 0.29) is 11.3 Å². The fraction of sp³-hybridized carbons (Fsp3) is 0. The maximum atomic E-state index is 13.5. The van der Waals surface area contributed by atoms with Crippen LogP contribution in [0.2, 0.25) is 0 Å². The zero-order chi connectivity index (χ0) is 11.5. The van der Waals surface area contributed by atoms with Gasteiger partial charge in [-0.15, -0.1) is 0 Å². The molecular weight excluding hydrogens is 212 g/mol. The first kappa shape index (κ1) is 10.4. The summed E-state index contributed by atoms with van der Waals surface area (Å²) in [4.78, 5) is 14.2. The van der Waals surface area contributed by atoms with Crippen molar-refractivity contribution in [2.75, 3.05) is 0 Å². The van der Waals surface area contributed by atoms with Crippen LogP contribution in [0.25, 0.3) is 11.3 Å². The molecule has 0 aliphatic heterocycles. The number of aromatic nitrogens is 1. The Kier molecular flexibility index (Phi) is 2.72. The summed E-state index contributed by atoms with van der Waals surface area (Å²) in [5.74, 6) is -0.995. The summed E-state index contributed by atoms with van der Waals surface area (Å²) in [6.45, 7) is 0. The summed E-state index contributed by atoms with van der Waals surface area (Å²) < 4.78 is 26.2. The normalized spacial score (nSPS) is 10.1. The van der Waals surface area contributed by atoms with Crippen molar-refractivity contribution in [2.24, 2.45) is 0 Å². The van der Waals surface area contributed by atoms with Crippen LogP contribution in [0.4, 0.5) is 8.78 Å². The molecular formula is C12H7F2NO. The number of rotatable bonds is 2. The summed E-state index contributed by atoms with van der Waals surface area (Å²) in [7, 11) is 0. The zero-order valence-corrected chi connectivity index (χ0v) is 8.15. The van der Waals surface area contributed by atoms with E-state index in [1.54, 1.807) is 0 Å². The molecule has 1 aromatic carbocycles. The molecule has 2 nitrogen and oxygen atoms in total. The molecule has 0 unspecified atom stereocenters. The molecule has 0 bridgehead atoms. The fourth-order valence-electron chi connectivity index (χ4n) is 1.34. The average molecular weight is 219 g/mol. The van der Waals surface area contributed by atoms with Crippen molar-refractivity contribution in [3.8, 4) is 11.3 Å². The van der Waals surface area contributed by atoms with Gasteiger partial charge >= 0.3 is 0 Å². The van der Waals surface area contributed by atoms with E-state index in [9.17, 15) is 13.6 Å². The van der Waals surface area contributed by atoms with Gasteiger partial charge in [0.25, 0.3) is 0 Å². The summed E-state index contributed by atoms with van der Waals surface area (Å²) in [5, 5.41) is 0. The molecule has 0 spiro atoms. The highest BCUT2D eigenvalue weighted by atomic mass is 19.1. The third-order valence-electron chi connectivity index (χ3n) is 2.12. The van der Waals surface area contributed by atoms with Crippen LogP contribution in [-0.4, -0.2) is 11.3 Å². The van der Waals surface area contributed by atoms with Crippen LogP contribution in [0.15, 0.2) is 36.5 Å². The molecule has 2 aromatic rings. The van der Waals surface area contributed by atoms with Gasteiger partial charge in [-0.25, -0.2) is 8.78 Å². The summed E-state index contributed by atoms with van der Waals surface area (Å²) in [6.07, 6.45) is 1.79. The molecule has 80 valence electrons. The summed E-state index contributed by atoms with van der Waals surface area (Å²) >= 11 is 0. The number of nitrogens with zero attached hydrogens (tertiary/aromatic N) is 1. The number of hydrogen-bond donors (Lipinski definition) is 0. The maximum Gasteiger partial charge on any atom is 0.151 e. The van der Waals surface area contributed by atoms with Gasteiger partial charge in [0.05, 0.1) is 0 Å². The molecule has 0 saturated carbocycles. The second kappa shape index (κ2) is 4.18. The van der Waals surface area contributed by atoms with Crippen molar-refractivity contribution in [3.63, 3.8) is 0 Å². The first-order chi connectivity index (χ1) is 7.70. The standard InChI is InChI=1S/C12H7F2NO/c13-10-3-1-9(2-4-10)12-11(14)5-8(7-16)6-15-12/h1-7H. The van der Waals surface area contributed by atoms with Gasteiger partial charge in [-0.3, -0.25) is 9.78 Å². The van der Waals surface area contributed by atoms with Crippen molar-refractivity contribution < 1.29 is 13.6 Å². The molecule has 0 aliphatic carbocycles. The molecule has 0 saturated heterocycles. The van der Waals surface area contributed by atoms with Crippen LogP contribution in [0.1, 0.15) is 10.4 Å². The monoisotopic (exact) mass is 219 g/mol. The van der Waals surface area contributed by atoms with Gasteiger partial charge in [0.2, 0.25) is 0 Å². The molecule has 0 aliphatic rings. The third-order valence-corrected chi connectivity index (χ3v) is 2.12. The highest BCUT2D eigenvalue weighted by molar-refractivity contribution is 5.75. The second-order valence-electron chi connectivity index (χ2n) is 3.22.